The van der Waals surface area contributed by atoms with E-state index in [-0.39, 0.29) is 0 Å². The van der Waals surface area contributed by atoms with E-state index in [1.54, 1.807) is 13.3 Å². The first-order valence-corrected chi connectivity index (χ1v) is 5.99. The third-order valence-corrected chi connectivity index (χ3v) is 2.96. The number of halogens is 1. The minimum absolute atomic E-state index is 0.547. The van der Waals surface area contributed by atoms with Crippen molar-refractivity contribution in [1.29, 1.82) is 0 Å². The van der Waals surface area contributed by atoms with Gasteiger partial charge >= 0.3 is 0 Å². The highest BCUT2D eigenvalue weighted by Gasteiger charge is 2.00. The van der Waals surface area contributed by atoms with Crippen molar-refractivity contribution in [1.82, 2.24) is 10.3 Å². The lowest BCUT2D eigenvalue weighted by atomic mass is 10.3. The zero-order valence-corrected chi connectivity index (χ0v) is 11.6. The van der Waals surface area contributed by atoms with Crippen molar-refractivity contribution in [3.8, 4) is 0 Å². The van der Waals surface area contributed by atoms with Crippen molar-refractivity contribution in [3.63, 3.8) is 0 Å². The van der Waals surface area contributed by atoms with Gasteiger partial charge in [0.05, 0.1) is 6.61 Å². The molecule has 1 aromatic rings. The summed E-state index contributed by atoms with van der Waals surface area (Å²) in [6, 6.07) is 1.92. The molecule has 1 rings (SSSR count). The molecule has 0 fully saturated rings. The molecule has 0 aliphatic rings. The van der Waals surface area contributed by atoms with Crippen LogP contribution in [-0.2, 0) is 4.74 Å². The Morgan fingerprint density at radius 3 is 3.00 bits per heavy atom. The van der Waals surface area contributed by atoms with Crippen molar-refractivity contribution in [2.75, 3.05) is 25.6 Å². The number of thiocarbonyl (C=S) groups is 1. The molecule has 16 heavy (non-hydrogen) atoms. The number of hydrogen-bond acceptors (Lipinski definition) is 3. The zero-order chi connectivity index (χ0) is 12.0. The molecular weight excluding hydrogens is 290 g/mol. The van der Waals surface area contributed by atoms with E-state index in [0.29, 0.717) is 18.3 Å². The average molecular weight is 304 g/mol. The summed E-state index contributed by atoms with van der Waals surface area (Å²) in [5, 5.41) is 6.56. The van der Waals surface area contributed by atoms with Crippen LogP contribution in [0.4, 0.5) is 5.82 Å². The second-order valence-electron chi connectivity index (χ2n) is 3.19. The van der Waals surface area contributed by atoms with Crippen LogP contribution in [0.5, 0.6) is 0 Å². The Morgan fingerprint density at radius 2 is 2.38 bits per heavy atom. The maximum absolute atomic E-state index is 5.10. The first-order valence-electron chi connectivity index (χ1n) is 4.79. The van der Waals surface area contributed by atoms with Gasteiger partial charge in [-0.2, -0.15) is 0 Å². The van der Waals surface area contributed by atoms with Crippen LogP contribution in [0.25, 0.3) is 0 Å². The fourth-order valence-electron chi connectivity index (χ4n) is 1.03. The lowest BCUT2D eigenvalue weighted by molar-refractivity contribution is 0.204. The van der Waals surface area contributed by atoms with Gasteiger partial charge in [0.1, 0.15) is 5.82 Å². The predicted octanol–water partition coefficient (Wildman–Crippen LogP) is 2.09. The number of anilines is 1. The van der Waals surface area contributed by atoms with Gasteiger partial charge in [-0.3, -0.25) is 0 Å². The molecule has 0 atom stereocenters. The number of pyridine rings is 1. The first kappa shape index (κ1) is 13.3. The van der Waals surface area contributed by atoms with E-state index in [9.17, 15) is 0 Å². The van der Waals surface area contributed by atoms with Crippen molar-refractivity contribution in [2.24, 2.45) is 0 Å². The molecule has 2 N–H and O–H groups in total. The molecule has 0 unspecified atom stereocenters. The summed E-state index contributed by atoms with van der Waals surface area (Å²) in [6.45, 7) is 3.30. The molecule has 1 aromatic heterocycles. The highest BCUT2D eigenvalue weighted by atomic mass is 79.9. The van der Waals surface area contributed by atoms with Gasteiger partial charge < -0.3 is 15.4 Å². The molecular formula is C10H14BrN3OS. The Balaban J connectivity index is 2.46. The molecule has 88 valence electrons. The molecule has 4 nitrogen and oxygen atoms in total. The molecule has 0 aliphatic carbocycles. The van der Waals surface area contributed by atoms with Crippen LogP contribution in [0.1, 0.15) is 5.56 Å². The standard InChI is InChI=1S/C10H14BrN3OS/c1-7-5-9(13-6-8(7)11)14-10(16)12-3-4-15-2/h5-6H,3-4H2,1-2H3,(H2,12,13,14,16). The highest BCUT2D eigenvalue weighted by Crippen LogP contribution is 2.16. The lowest BCUT2D eigenvalue weighted by Gasteiger charge is -2.10. The molecule has 0 saturated carbocycles. The third-order valence-electron chi connectivity index (χ3n) is 1.88. The third kappa shape index (κ3) is 4.42. The first-order chi connectivity index (χ1) is 7.63. The maximum Gasteiger partial charge on any atom is 0.172 e. The number of aryl methyl sites for hydroxylation is 1. The molecule has 1 heterocycles. The SMILES string of the molecule is COCCNC(=S)Nc1cc(C)c(Br)cn1. The van der Waals surface area contributed by atoms with E-state index in [1.807, 2.05) is 13.0 Å². The monoisotopic (exact) mass is 303 g/mol. The van der Waals surface area contributed by atoms with Gasteiger partial charge in [0.2, 0.25) is 0 Å². The minimum atomic E-state index is 0.547. The zero-order valence-electron chi connectivity index (χ0n) is 9.21. The molecule has 0 saturated heterocycles. The maximum atomic E-state index is 5.10. The Labute approximate surface area is 109 Å². The van der Waals surface area contributed by atoms with Crippen LogP contribution in [0, 0.1) is 6.92 Å². The van der Waals surface area contributed by atoms with Gasteiger partial charge in [-0.25, -0.2) is 4.98 Å². The van der Waals surface area contributed by atoms with Crippen LogP contribution >= 0.6 is 28.1 Å². The number of hydrogen-bond donors (Lipinski definition) is 2. The summed E-state index contributed by atoms with van der Waals surface area (Å²) >= 11 is 8.49. The quantitative estimate of drug-likeness (QED) is 0.659. The summed E-state index contributed by atoms with van der Waals surface area (Å²) in [4.78, 5) is 4.19. The van der Waals surface area contributed by atoms with Gasteiger partial charge in [0.15, 0.2) is 5.11 Å². The van der Waals surface area contributed by atoms with Gasteiger partial charge in [-0.15, -0.1) is 0 Å². The topological polar surface area (TPSA) is 46.2 Å². The Bertz CT molecular complexity index is 373. The fourth-order valence-corrected chi connectivity index (χ4v) is 1.46. The number of nitrogens with one attached hydrogen (secondary N) is 2. The number of methoxy groups -OCH3 is 1. The molecule has 0 radical (unpaired) electrons. The molecule has 0 bridgehead atoms. The fraction of sp³-hybridized carbons (Fsp3) is 0.400. The normalized spacial score (nSPS) is 9.94. The summed E-state index contributed by atoms with van der Waals surface area (Å²) in [7, 11) is 1.65. The number of rotatable bonds is 4. The molecule has 0 aliphatic heterocycles. The van der Waals surface area contributed by atoms with E-state index in [2.05, 4.69) is 31.5 Å². The molecule has 0 aromatic carbocycles. The Morgan fingerprint density at radius 1 is 1.62 bits per heavy atom. The molecule has 0 amide bonds. The van der Waals surface area contributed by atoms with Crippen LogP contribution in [0.2, 0.25) is 0 Å². The minimum Gasteiger partial charge on any atom is -0.383 e. The van der Waals surface area contributed by atoms with Crippen LogP contribution in [0.3, 0.4) is 0 Å². The smallest absolute Gasteiger partial charge is 0.172 e. The molecule has 6 heteroatoms. The van der Waals surface area contributed by atoms with Crippen LogP contribution in [-0.4, -0.2) is 30.4 Å². The highest BCUT2D eigenvalue weighted by molar-refractivity contribution is 9.10. The largest absolute Gasteiger partial charge is 0.383 e. The van der Waals surface area contributed by atoms with Gasteiger partial charge in [0.25, 0.3) is 0 Å². The summed E-state index contributed by atoms with van der Waals surface area (Å²) < 4.78 is 5.89. The van der Waals surface area contributed by atoms with E-state index >= 15 is 0 Å². The van der Waals surface area contributed by atoms with E-state index < -0.39 is 0 Å². The van der Waals surface area contributed by atoms with Gasteiger partial charge in [-0.1, -0.05) is 0 Å². The second-order valence-corrected chi connectivity index (χ2v) is 4.46. The Hall–Kier alpha value is -0.720. The predicted molar refractivity (Wildman–Crippen MR) is 72.8 cm³/mol. The summed E-state index contributed by atoms with van der Waals surface area (Å²) in [5.74, 6) is 0.732. The lowest BCUT2D eigenvalue weighted by Crippen LogP contribution is -2.31. The van der Waals surface area contributed by atoms with Crippen molar-refractivity contribution in [2.45, 2.75) is 6.92 Å². The van der Waals surface area contributed by atoms with Crippen molar-refractivity contribution in [3.05, 3.63) is 22.3 Å². The van der Waals surface area contributed by atoms with Crippen molar-refractivity contribution >= 4 is 39.1 Å². The Kier molecular flexibility index (Phi) is 5.65. The van der Waals surface area contributed by atoms with E-state index in [1.165, 1.54) is 0 Å². The van der Waals surface area contributed by atoms with Gasteiger partial charge in [0, 0.05) is 24.3 Å². The van der Waals surface area contributed by atoms with Crippen LogP contribution < -0.4 is 10.6 Å². The summed E-state index contributed by atoms with van der Waals surface area (Å²) in [5.41, 5.74) is 1.11. The van der Waals surface area contributed by atoms with Crippen molar-refractivity contribution < 1.29 is 4.74 Å². The molecule has 0 spiro atoms. The van der Waals surface area contributed by atoms with E-state index in [0.717, 1.165) is 15.9 Å². The summed E-state index contributed by atoms with van der Waals surface area (Å²) in [6.07, 6.45) is 1.75. The van der Waals surface area contributed by atoms with E-state index in [4.69, 9.17) is 17.0 Å². The number of nitrogens with zero attached hydrogens (tertiary/aromatic N) is 1. The van der Waals surface area contributed by atoms with Crippen LogP contribution in [0.15, 0.2) is 16.7 Å². The number of ether oxygens (including phenoxy) is 1. The number of aromatic nitrogens is 1. The van der Waals surface area contributed by atoms with Gasteiger partial charge in [-0.05, 0) is 46.7 Å². The second kappa shape index (κ2) is 6.78. The average Bonchev–Trinajstić information content (AvgIpc) is 2.24.